The highest BCUT2D eigenvalue weighted by Gasteiger charge is 2.25. The highest BCUT2D eigenvalue weighted by atomic mass is 35.5. The van der Waals surface area contributed by atoms with Gasteiger partial charge in [-0.1, -0.05) is 6.42 Å². The van der Waals surface area contributed by atoms with Crippen molar-refractivity contribution >= 4 is 36.4 Å². The molecule has 1 aliphatic carbocycles. The van der Waals surface area contributed by atoms with E-state index in [1.165, 1.54) is 0 Å². The maximum atomic E-state index is 12.0. The zero-order valence-corrected chi connectivity index (χ0v) is 12.6. The first-order valence-electron chi connectivity index (χ1n) is 6.13. The maximum Gasteiger partial charge on any atom is 0.227 e. The number of aryl methyl sites for hydroxylation is 1. The monoisotopic (exact) mass is 305 g/mol. The Morgan fingerprint density at radius 1 is 1.37 bits per heavy atom. The molecule has 1 saturated carbocycles. The fourth-order valence-electron chi connectivity index (χ4n) is 2.33. The van der Waals surface area contributed by atoms with Gasteiger partial charge in [-0.15, -0.1) is 24.8 Å². The summed E-state index contributed by atoms with van der Waals surface area (Å²) in [7, 11) is 0. The lowest BCUT2D eigenvalue weighted by Gasteiger charge is -2.25. The van der Waals surface area contributed by atoms with Crippen LogP contribution in [0.4, 0.5) is 5.69 Å². The second-order valence-corrected chi connectivity index (χ2v) is 4.86. The molecule has 0 radical (unpaired) electrons. The van der Waals surface area contributed by atoms with E-state index in [2.05, 4.69) is 10.3 Å². The van der Waals surface area contributed by atoms with Gasteiger partial charge in [0.15, 0.2) is 0 Å². The van der Waals surface area contributed by atoms with Gasteiger partial charge in [0.1, 0.15) is 0 Å². The van der Waals surface area contributed by atoms with Crippen LogP contribution in [0, 0.1) is 12.8 Å². The van der Waals surface area contributed by atoms with Crippen molar-refractivity contribution in [2.75, 3.05) is 5.32 Å². The van der Waals surface area contributed by atoms with Crippen molar-refractivity contribution in [3.05, 3.63) is 24.0 Å². The number of nitrogens with two attached hydrogens (primary N) is 1. The van der Waals surface area contributed by atoms with Crippen LogP contribution in [0.15, 0.2) is 18.5 Å². The summed E-state index contributed by atoms with van der Waals surface area (Å²) in [6, 6.07) is 2.10. The van der Waals surface area contributed by atoms with E-state index in [4.69, 9.17) is 5.73 Å². The number of hydrogen-bond donors (Lipinski definition) is 2. The smallest absolute Gasteiger partial charge is 0.227 e. The summed E-state index contributed by atoms with van der Waals surface area (Å²) < 4.78 is 0. The van der Waals surface area contributed by atoms with Crippen molar-refractivity contribution in [2.45, 2.75) is 38.6 Å². The van der Waals surface area contributed by atoms with E-state index >= 15 is 0 Å². The van der Waals surface area contributed by atoms with Gasteiger partial charge in [0.05, 0.1) is 11.9 Å². The van der Waals surface area contributed by atoms with Gasteiger partial charge in [-0.2, -0.15) is 0 Å². The fraction of sp³-hybridized carbons (Fsp3) is 0.538. The quantitative estimate of drug-likeness (QED) is 0.882. The predicted molar refractivity (Wildman–Crippen MR) is 82.0 cm³/mol. The molecular weight excluding hydrogens is 285 g/mol. The van der Waals surface area contributed by atoms with E-state index < -0.39 is 0 Å². The average molecular weight is 306 g/mol. The van der Waals surface area contributed by atoms with Gasteiger partial charge in [0, 0.05) is 18.2 Å². The molecule has 2 atom stereocenters. The number of carbonyl (C=O) groups excluding carboxylic acids is 1. The Hall–Kier alpha value is -0.840. The minimum absolute atomic E-state index is 0. The van der Waals surface area contributed by atoms with Gasteiger partial charge < -0.3 is 11.1 Å². The molecule has 3 N–H and O–H groups in total. The van der Waals surface area contributed by atoms with E-state index in [-0.39, 0.29) is 42.7 Å². The Bertz CT molecular complexity index is 415. The lowest BCUT2D eigenvalue weighted by molar-refractivity contribution is -0.120. The Morgan fingerprint density at radius 3 is 2.74 bits per heavy atom. The minimum Gasteiger partial charge on any atom is -0.328 e. The van der Waals surface area contributed by atoms with Crippen molar-refractivity contribution in [3.8, 4) is 0 Å². The van der Waals surface area contributed by atoms with Crippen LogP contribution >= 0.6 is 24.8 Å². The van der Waals surface area contributed by atoms with E-state index in [1.807, 2.05) is 13.0 Å². The highest BCUT2D eigenvalue weighted by molar-refractivity contribution is 5.92. The zero-order valence-electron chi connectivity index (χ0n) is 11.0. The third-order valence-electron chi connectivity index (χ3n) is 3.23. The summed E-state index contributed by atoms with van der Waals surface area (Å²) in [4.78, 5) is 16.1. The number of carbonyl (C=O) groups is 1. The SMILES string of the molecule is Cc1cncc(NC(=O)C2CCCC(N)C2)c1.Cl.Cl. The van der Waals surface area contributed by atoms with Gasteiger partial charge in [-0.25, -0.2) is 0 Å². The van der Waals surface area contributed by atoms with Crippen LogP contribution in [0.25, 0.3) is 0 Å². The van der Waals surface area contributed by atoms with Crippen LogP contribution < -0.4 is 11.1 Å². The molecule has 2 rings (SSSR count). The number of nitrogens with one attached hydrogen (secondary N) is 1. The zero-order chi connectivity index (χ0) is 12.3. The van der Waals surface area contributed by atoms with Crippen LogP contribution in [0.2, 0.25) is 0 Å². The largest absolute Gasteiger partial charge is 0.328 e. The molecule has 0 aromatic carbocycles. The molecule has 1 aromatic rings. The van der Waals surface area contributed by atoms with Gasteiger partial charge in [-0.05, 0) is 37.8 Å². The first-order chi connectivity index (χ1) is 8.15. The standard InChI is InChI=1S/C13H19N3O.2ClH/c1-9-5-12(8-15-7-9)16-13(17)10-3-2-4-11(14)6-10;;/h5,7-8,10-11H,2-4,6,14H2,1H3,(H,16,17);2*1H. The van der Waals surface area contributed by atoms with Crippen molar-refractivity contribution in [1.82, 2.24) is 4.98 Å². The van der Waals surface area contributed by atoms with Crippen LogP contribution in [0.5, 0.6) is 0 Å². The number of rotatable bonds is 2. The summed E-state index contributed by atoms with van der Waals surface area (Å²) in [6.45, 7) is 1.96. The summed E-state index contributed by atoms with van der Waals surface area (Å²) in [5.41, 5.74) is 7.71. The second-order valence-electron chi connectivity index (χ2n) is 4.86. The molecule has 1 fully saturated rings. The average Bonchev–Trinajstić information content (AvgIpc) is 2.29. The van der Waals surface area contributed by atoms with Crippen molar-refractivity contribution < 1.29 is 4.79 Å². The number of anilines is 1. The molecule has 19 heavy (non-hydrogen) atoms. The molecule has 1 aliphatic rings. The van der Waals surface area contributed by atoms with Crippen LogP contribution in [-0.4, -0.2) is 16.9 Å². The number of hydrogen-bond acceptors (Lipinski definition) is 3. The van der Waals surface area contributed by atoms with Gasteiger partial charge >= 0.3 is 0 Å². The summed E-state index contributed by atoms with van der Waals surface area (Å²) in [5.74, 6) is 0.131. The van der Waals surface area contributed by atoms with Crippen molar-refractivity contribution in [1.29, 1.82) is 0 Å². The molecule has 2 unspecified atom stereocenters. The topological polar surface area (TPSA) is 68.0 Å². The van der Waals surface area contributed by atoms with Crippen LogP contribution in [0.3, 0.4) is 0 Å². The van der Waals surface area contributed by atoms with Crippen LogP contribution in [-0.2, 0) is 4.79 Å². The number of amides is 1. The molecule has 1 aromatic heterocycles. The molecule has 0 aliphatic heterocycles. The summed E-state index contributed by atoms with van der Waals surface area (Å²) >= 11 is 0. The van der Waals surface area contributed by atoms with E-state index in [9.17, 15) is 4.79 Å². The molecule has 6 heteroatoms. The van der Waals surface area contributed by atoms with E-state index in [0.29, 0.717) is 0 Å². The second kappa shape index (κ2) is 8.35. The highest BCUT2D eigenvalue weighted by Crippen LogP contribution is 2.24. The maximum absolute atomic E-state index is 12.0. The molecular formula is C13H21Cl2N3O. The van der Waals surface area contributed by atoms with Crippen LogP contribution in [0.1, 0.15) is 31.2 Å². The Morgan fingerprint density at radius 2 is 2.11 bits per heavy atom. The first-order valence-corrected chi connectivity index (χ1v) is 6.13. The van der Waals surface area contributed by atoms with Gasteiger partial charge in [0.25, 0.3) is 0 Å². The normalized spacial score (nSPS) is 21.8. The lowest BCUT2D eigenvalue weighted by atomic mass is 9.85. The number of pyridine rings is 1. The Labute approximate surface area is 126 Å². The minimum atomic E-state index is 0. The number of aromatic nitrogens is 1. The third-order valence-corrected chi connectivity index (χ3v) is 3.23. The molecule has 0 saturated heterocycles. The van der Waals surface area contributed by atoms with Gasteiger partial charge in [0.2, 0.25) is 5.91 Å². The lowest BCUT2D eigenvalue weighted by Crippen LogP contribution is -2.34. The van der Waals surface area contributed by atoms with Crippen molar-refractivity contribution in [2.24, 2.45) is 11.7 Å². The molecule has 0 bridgehead atoms. The Kier molecular flexibility index (Phi) is 7.99. The number of halogens is 2. The predicted octanol–water partition coefficient (Wildman–Crippen LogP) is 2.69. The number of nitrogens with zero attached hydrogens (tertiary/aromatic N) is 1. The first kappa shape index (κ1) is 18.2. The fourth-order valence-corrected chi connectivity index (χ4v) is 2.33. The molecule has 1 heterocycles. The molecule has 108 valence electrons. The third kappa shape index (κ3) is 5.35. The summed E-state index contributed by atoms with van der Waals surface area (Å²) in [6.07, 6.45) is 7.27. The van der Waals surface area contributed by atoms with Crippen molar-refractivity contribution in [3.63, 3.8) is 0 Å². The Balaban J connectivity index is 0.00000162. The molecule has 4 nitrogen and oxygen atoms in total. The molecule has 0 spiro atoms. The van der Waals surface area contributed by atoms with Gasteiger partial charge in [-0.3, -0.25) is 9.78 Å². The van der Waals surface area contributed by atoms with E-state index in [0.717, 1.165) is 36.9 Å². The molecule has 1 amide bonds. The summed E-state index contributed by atoms with van der Waals surface area (Å²) in [5, 5.41) is 2.92. The van der Waals surface area contributed by atoms with E-state index in [1.54, 1.807) is 12.4 Å².